The second-order valence-corrected chi connectivity index (χ2v) is 4.84. The number of rotatable bonds is 0. The van der Waals surface area contributed by atoms with Crippen molar-refractivity contribution >= 4 is 31.9 Å². The Labute approximate surface area is 93.2 Å². The summed E-state index contributed by atoms with van der Waals surface area (Å²) in [4.78, 5) is 0. The van der Waals surface area contributed by atoms with Crippen molar-refractivity contribution in [2.24, 2.45) is 0 Å². The second-order valence-electron chi connectivity index (χ2n) is 3.07. The Bertz CT molecular complexity index is 352. The molecule has 1 aromatic carbocycles. The molecule has 4 heteroatoms. The van der Waals surface area contributed by atoms with Gasteiger partial charge >= 0.3 is 0 Å². The van der Waals surface area contributed by atoms with Crippen LogP contribution in [-0.4, -0.2) is 11.2 Å². The Hall–Kier alpha value is -0.0600. The highest BCUT2D eigenvalue weighted by atomic mass is 79.9. The lowest BCUT2D eigenvalue weighted by Crippen LogP contribution is -2.12. The Morgan fingerprint density at radius 1 is 1.38 bits per heavy atom. The van der Waals surface area contributed by atoms with Gasteiger partial charge in [-0.25, -0.2) is 0 Å². The summed E-state index contributed by atoms with van der Waals surface area (Å²) < 4.78 is 7.30. The van der Waals surface area contributed by atoms with Crippen molar-refractivity contribution in [1.82, 2.24) is 0 Å². The summed E-state index contributed by atoms with van der Waals surface area (Å²) in [5.41, 5.74) is 0.841. The van der Waals surface area contributed by atoms with Gasteiger partial charge in [0.15, 0.2) is 0 Å². The molecule has 1 aliphatic rings. The molecule has 2 rings (SSSR count). The van der Waals surface area contributed by atoms with E-state index in [0.29, 0.717) is 0 Å². The van der Waals surface area contributed by atoms with Gasteiger partial charge < -0.3 is 9.84 Å². The molecule has 0 radical (unpaired) electrons. The monoisotopic (exact) mass is 306 g/mol. The fraction of sp³-hybridized carbons (Fsp3) is 0.333. The first-order valence-electron chi connectivity index (χ1n) is 3.93. The van der Waals surface area contributed by atoms with E-state index < -0.39 is 6.10 Å². The molecule has 2 atom stereocenters. The van der Waals surface area contributed by atoms with Gasteiger partial charge in [-0.15, -0.1) is 0 Å². The fourth-order valence-electron chi connectivity index (χ4n) is 1.43. The Morgan fingerprint density at radius 2 is 2.08 bits per heavy atom. The van der Waals surface area contributed by atoms with E-state index in [4.69, 9.17) is 4.74 Å². The Morgan fingerprint density at radius 3 is 2.77 bits per heavy atom. The molecule has 0 fully saturated rings. The van der Waals surface area contributed by atoms with E-state index in [-0.39, 0.29) is 6.10 Å². The first-order valence-corrected chi connectivity index (χ1v) is 5.52. The number of hydrogen-bond acceptors (Lipinski definition) is 2. The summed E-state index contributed by atoms with van der Waals surface area (Å²) in [6.07, 6.45) is -0.690. The van der Waals surface area contributed by atoms with Crippen LogP contribution in [0.1, 0.15) is 18.6 Å². The molecule has 0 saturated carbocycles. The topological polar surface area (TPSA) is 29.5 Å². The quantitative estimate of drug-likeness (QED) is 0.798. The predicted molar refractivity (Wildman–Crippen MR) is 56.9 cm³/mol. The largest absolute Gasteiger partial charge is 0.486 e. The summed E-state index contributed by atoms with van der Waals surface area (Å²) in [5, 5.41) is 9.73. The van der Waals surface area contributed by atoms with Gasteiger partial charge in [-0.1, -0.05) is 15.9 Å². The molecule has 0 bridgehead atoms. The van der Waals surface area contributed by atoms with Crippen LogP contribution in [-0.2, 0) is 0 Å². The van der Waals surface area contributed by atoms with Crippen molar-refractivity contribution in [3.8, 4) is 5.75 Å². The number of halogens is 2. The molecule has 0 aliphatic carbocycles. The normalized spacial score (nSPS) is 25.5. The second kappa shape index (κ2) is 3.26. The zero-order valence-electron chi connectivity index (χ0n) is 6.92. The Balaban J connectivity index is 2.57. The molecular formula is C9H8Br2O2. The lowest BCUT2D eigenvalue weighted by atomic mass is 10.1. The maximum Gasteiger partial charge on any atom is 0.140 e. The van der Waals surface area contributed by atoms with Gasteiger partial charge in [0, 0.05) is 10.0 Å². The molecule has 70 valence electrons. The summed E-state index contributed by atoms with van der Waals surface area (Å²) in [6.45, 7) is 1.85. The van der Waals surface area contributed by atoms with Gasteiger partial charge in [-0.3, -0.25) is 0 Å². The molecule has 0 spiro atoms. The van der Waals surface area contributed by atoms with Crippen LogP contribution < -0.4 is 4.74 Å². The highest BCUT2D eigenvalue weighted by Gasteiger charge is 2.31. The van der Waals surface area contributed by atoms with Crippen molar-refractivity contribution in [3.05, 3.63) is 26.6 Å². The van der Waals surface area contributed by atoms with E-state index in [1.54, 1.807) is 0 Å². The van der Waals surface area contributed by atoms with Gasteiger partial charge in [0.2, 0.25) is 0 Å². The summed E-state index contributed by atoms with van der Waals surface area (Å²) in [5.74, 6) is 0.753. The van der Waals surface area contributed by atoms with Crippen LogP contribution >= 0.6 is 31.9 Å². The predicted octanol–water partition coefficient (Wildman–Crippen LogP) is 3.03. The SMILES string of the molecule is CC1Oc2c(Br)cc(Br)cc2C1O. The van der Waals surface area contributed by atoms with Crippen molar-refractivity contribution in [3.63, 3.8) is 0 Å². The molecule has 0 aromatic heterocycles. The molecule has 0 saturated heterocycles. The van der Waals surface area contributed by atoms with Crippen LogP contribution in [0.2, 0.25) is 0 Å². The molecule has 13 heavy (non-hydrogen) atoms. The summed E-state index contributed by atoms with van der Waals surface area (Å²) in [6, 6.07) is 3.79. The average Bonchev–Trinajstić information content (AvgIpc) is 2.32. The number of hydrogen-bond donors (Lipinski definition) is 1. The molecule has 1 heterocycles. The number of aliphatic hydroxyl groups is 1. The molecule has 1 aliphatic heterocycles. The van der Waals surface area contributed by atoms with Crippen molar-refractivity contribution in [2.45, 2.75) is 19.1 Å². The lowest BCUT2D eigenvalue weighted by Gasteiger charge is -2.06. The number of benzene rings is 1. The van der Waals surface area contributed by atoms with Gasteiger partial charge in [-0.2, -0.15) is 0 Å². The minimum Gasteiger partial charge on any atom is -0.486 e. The van der Waals surface area contributed by atoms with E-state index in [1.807, 2.05) is 19.1 Å². The zero-order chi connectivity index (χ0) is 9.59. The third kappa shape index (κ3) is 1.51. The van der Waals surface area contributed by atoms with Crippen LogP contribution in [0, 0.1) is 0 Å². The van der Waals surface area contributed by atoms with Gasteiger partial charge in [0.05, 0.1) is 4.47 Å². The van der Waals surface area contributed by atoms with E-state index in [9.17, 15) is 5.11 Å². The van der Waals surface area contributed by atoms with E-state index >= 15 is 0 Å². The van der Waals surface area contributed by atoms with Gasteiger partial charge in [0.25, 0.3) is 0 Å². The number of ether oxygens (including phenoxy) is 1. The van der Waals surface area contributed by atoms with Crippen LogP contribution in [0.15, 0.2) is 21.1 Å². The number of fused-ring (bicyclic) bond motifs is 1. The van der Waals surface area contributed by atoms with Gasteiger partial charge in [-0.05, 0) is 35.0 Å². The molecule has 2 nitrogen and oxygen atoms in total. The van der Waals surface area contributed by atoms with E-state index in [0.717, 1.165) is 20.3 Å². The first kappa shape index (κ1) is 9.49. The maximum absolute atomic E-state index is 9.73. The molecule has 0 amide bonds. The van der Waals surface area contributed by atoms with Crippen molar-refractivity contribution in [2.75, 3.05) is 0 Å². The van der Waals surface area contributed by atoms with Crippen molar-refractivity contribution < 1.29 is 9.84 Å². The van der Waals surface area contributed by atoms with Gasteiger partial charge in [0.1, 0.15) is 18.0 Å². The highest BCUT2D eigenvalue weighted by molar-refractivity contribution is 9.11. The minimum absolute atomic E-state index is 0.166. The molecule has 1 N–H and O–H groups in total. The smallest absolute Gasteiger partial charge is 0.140 e. The van der Waals surface area contributed by atoms with Crippen LogP contribution in [0.3, 0.4) is 0 Å². The number of aliphatic hydroxyl groups excluding tert-OH is 1. The highest BCUT2D eigenvalue weighted by Crippen LogP contribution is 2.43. The standard InChI is InChI=1S/C9H8Br2O2/c1-4-8(12)6-2-5(10)3-7(11)9(6)13-4/h2-4,8,12H,1H3. The van der Waals surface area contributed by atoms with E-state index in [2.05, 4.69) is 31.9 Å². The van der Waals surface area contributed by atoms with E-state index in [1.165, 1.54) is 0 Å². The molecule has 2 unspecified atom stereocenters. The zero-order valence-corrected chi connectivity index (χ0v) is 10.1. The summed E-state index contributed by atoms with van der Waals surface area (Å²) in [7, 11) is 0. The van der Waals surface area contributed by atoms with Crippen LogP contribution in [0.5, 0.6) is 5.75 Å². The third-order valence-electron chi connectivity index (χ3n) is 2.10. The minimum atomic E-state index is -0.524. The van der Waals surface area contributed by atoms with Crippen molar-refractivity contribution in [1.29, 1.82) is 0 Å². The molecule has 1 aromatic rings. The summed E-state index contributed by atoms with van der Waals surface area (Å²) >= 11 is 6.75. The molecular weight excluding hydrogens is 300 g/mol. The first-order chi connectivity index (χ1) is 6.09. The Kier molecular flexibility index (Phi) is 2.38. The maximum atomic E-state index is 9.73. The average molecular weight is 308 g/mol. The third-order valence-corrected chi connectivity index (χ3v) is 3.15. The van der Waals surface area contributed by atoms with Crippen LogP contribution in [0.25, 0.3) is 0 Å². The fourth-order valence-corrected chi connectivity index (χ4v) is 2.78. The van der Waals surface area contributed by atoms with Crippen LogP contribution in [0.4, 0.5) is 0 Å². The lowest BCUT2D eigenvalue weighted by molar-refractivity contribution is 0.0793.